The number of fused-ring (bicyclic) bond motifs is 1. The van der Waals surface area contributed by atoms with E-state index >= 15 is 0 Å². The van der Waals surface area contributed by atoms with E-state index < -0.39 is 15.8 Å². The van der Waals surface area contributed by atoms with Gasteiger partial charge in [0.15, 0.2) is 5.58 Å². The number of aromatic nitrogens is 1. The molecule has 1 aromatic heterocycles. The Morgan fingerprint density at radius 3 is 2.38 bits per heavy atom. The van der Waals surface area contributed by atoms with Crippen LogP contribution in [0.3, 0.4) is 0 Å². The minimum Gasteiger partial charge on any atom is -0.408 e. The van der Waals surface area contributed by atoms with Crippen molar-refractivity contribution in [1.29, 1.82) is 0 Å². The van der Waals surface area contributed by atoms with Crippen molar-refractivity contribution in [3.63, 3.8) is 0 Å². The number of oxazole rings is 1. The first-order valence-electron chi connectivity index (χ1n) is 7.50. The zero-order chi connectivity index (χ0) is 17.5. The molecule has 0 unspecified atom stereocenters. The number of rotatable bonds is 4. The van der Waals surface area contributed by atoms with E-state index in [4.69, 9.17) is 4.42 Å². The number of hydrogen-bond donors (Lipinski definition) is 1. The Bertz CT molecular complexity index is 1040. The van der Waals surface area contributed by atoms with Gasteiger partial charge in [-0.05, 0) is 41.8 Å². The predicted molar refractivity (Wildman–Crippen MR) is 92.8 cm³/mol. The Labute approximate surface area is 139 Å². The average molecular weight is 346 g/mol. The number of sulfonamides is 1. The molecule has 7 heteroatoms. The normalized spacial score (nSPS) is 12.0. The molecule has 0 atom stereocenters. The smallest absolute Gasteiger partial charge is 0.408 e. The molecule has 0 fully saturated rings. The molecule has 0 aliphatic carbocycles. The molecule has 6 nitrogen and oxygen atoms in total. The van der Waals surface area contributed by atoms with Gasteiger partial charge >= 0.3 is 5.76 Å². The lowest BCUT2D eigenvalue weighted by Crippen LogP contribution is -2.13. The summed E-state index contributed by atoms with van der Waals surface area (Å²) in [5.41, 5.74) is 2.40. The van der Waals surface area contributed by atoms with E-state index in [-0.39, 0.29) is 4.90 Å². The van der Waals surface area contributed by atoms with E-state index in [0.717, 1.165) is 5.56 Å². The predicted octanol–water partition coefficient (Wildman–Crippen LogP) is 3.06. The number of aryl methyl sites for hydroxylation is 1. The van der Waals surface area contributed by atoms with Gasteiger partial charge in [0.05, 0.1) is 10.4 Å². The molecule has 2 aromatic carbocycles. The highest BCUT2D eigenvalue weighted by Gasteiger charge is 2.17. The van der Waals surface area contributed by atoms with Crippen LogP contribution in [0.25, 0.3) is 11.1 Å². The van der Waals surface area contributed by atoms with Crippen LogP contribution in [0.1, 0.15) is 25.3 Å². The molecular weight excluding hydrogens is 328 g/mol. The fraction of sp³-hybridized carbons (Fsp3) is 0.235. The summed E-state index contributed by atoms with van der Waals surface area (Å²) in [5.74, 6) is -0.155. The van der Waals surface area contributed by atoms with Crippen LogP contribution in [0.15, 0.2) is 56.6 Å². The van der Waals surface area contributed by atoms with Crippen LogP contribution in [0.5, 0.6) is 0 Å². The number of anilines is 1. The van der Waals surface area contributed by atoms with Gasteiger partial charge in [-0.1, -0.05) is 26.0 Å². The van der Waals surface area contributed by atoms with Crippen molar-refractivity contribution in [1.82, 2.24) is 4.57 Å². The standard InChI is InChI=1S/C17H18N2O4S/c1-11(2)12-4-6-13(7-5-12)18-24(21,22)14-8-9-16-15(10-14)19(3)17(20)23-16/h4-11,18H,1-3H3. The molecule has 0 saturated heterocycles. The Morgan fingerprint density at radius 1 is 1.08 bits per heavy atom. The number of nitrogens with one attached hydrogen (secondary N) is 1. The van der Waals surface area contributed by atoms with E-state index in [0.29, 0.717) is 22.7 Å². The van der Waals surface area contributed by atoms with Crippen molar-refractivity contribution in [2.45, 2.75) is 24.7 Å². The van der Waals surface area contributed by atoms with E-state index in [1.807, 2.05) is 12.1 Å². The van der Waals surface area contributed by atoms with Gasteiger partial charge in [-0.25, -0.2) is 13.2 Å². The van der Waals surface area contributed by atoms with Gasteiger partial charge < -0.3 is 4.42 Å². The summed E-state index contributed by atoms with van der Waals surface area (Å²) in [7, 11) is -2.22. The highest BCUT2D eigenvalue weighted by molar-refractivity contribution is 7.92. The summed E-state index contributed by atoms with van der Waals surface area (Å²) in [5, 5.41) is 0. The quantitative estimate of drug-likeness (QED) is 0.787. The summed E-state index contributed by atoms with van der Waals surface area (Å²) in [6.07, 6.45) is 0. The molecule has 0 saturated carbocycles. The van der Waals surface area contributed by atoms with Crippen molar-refractivity contribution < 1.29 is 12.8 Å². The van der Waals surface area contributed by atoms with Gasteiger partial charge in [0.2, 0.25) is 0 Å². The van der Waals surface area contributed by atoms with Gasteiger partial charge in [-0.2, -0.15) is 0 Å². The van der Waals surface area contributed by atoms with Crippen molar-refractivity contribution >= 4 is 26.8 Å². The van der Waals surface area contributed by atoms with Crippen LogP contribution in [-0.2, 0) is 17.1 Å². The minimum atomic E-state index is -3.75. The summed E-state index contributed by atoms with van der Waals surface area (Å²) < 4.78 is 33.9. The largest absolute Gasteiger partial charge is 0.419 e. The van der Waals surface area contributed by atoms with Crippen LogP contribution < -0.4 is 10.5 Å². The van der Waals surface area contributed by atoms with Gasteiger partial charge in [0.25, 0.3) is 10.0 Å². The third-order valence-corrected chi connectivity index (χ3v) is 5.28. The summed E-state index contributed by atoms with van der Waals surface area (Å²) in [6.45, 7) is 4.15. The monoisotopic (exact) mass is 346 g/mol. The Kier molecular flexibility index (Phi) is 3.96. The van der Waals surface area contributed by atoms with Crippen LogP contribution in [-0.4, -0.2) is 13.0 Å². The highest BCUT2D eigenvalue weighted by Crippen LogP contribution is 2.22. The Hall–Kier alpha value is -2.54. The van der Waals surface area contributed by atoms with E-state index in [2.05, 4.69) is 18.6 Å². The van der Waals surface area contributed by atoms with Crippen molar-refractivity contribution in [2.75, 3.05) is 4.72 Å². The van der Waals surface area contributed by atoms with Crippen LogP contribution in [0.4, 0.5) is 5.69 Å². The van der Waals surface area contributed by atoms with Gasteiger partial charge in [0.1, 0.15) is 0 Å². The second kappa shape index (κ2) is 5.83. The molecule has 24 heavy (non-hydrogen) atoms. The van der Waals surface area contributed by atoms with Crippen molar-refractivity contribution in [2.24, 2.45) is 7.05 Å². The molecule has 126 valence electrons. The molecule has 0 radical (unpaired) electrons. The lowest BCUT2D eigenvalue weighted by molar-refractivity contribution is 0.528. The maximum atomic E-state index is 12.6. The molecule has 0 aliphatic heterocycles. The fourth-order valence-electron chi connectivity index (χ4n) is 2.42. The van der Waals surface area contributed by atoms with E-state index in [1.54, 1.807) is 12.1 Å². The molecule has 3 rings (SSSR count). The molecule has 3 aromatic rings. The maximum absolute atomic E-state index is 12.6. The average Bonchev–Trinajstić information content (AvgIpc) is 2.82. The minimum absolute atomic E-state index is 0.0688. The maximum Gasteiger partial charge on any atom is 0.419 e. The molecular formula is C17H18N2O4S. The summed E-state index contributed by atoms with van der Waals surface area (Å²) in [4.78, 5) is 11.6. The zero-order valence-electron chi connectivity index (χ0n) is 13.6. The number of hydrogen-bond acceptors (Lipinski definition) is 4. The van der Waals surface area contributed by atoms with Crippen LogP contribution in [0, 0.1) is 0 Å². The highest BCUT2D eigenvalue weighted by atomic mass is 32.2. The first-order valence-corrected chi connectivity index (χ1v) is 8.98. The number of nitrogens with zero attached hydrogens (tertiary/aromatic N) is 1. The van der Waals surface area contributed by atoms with Gasteiger partial charge in [-0.15, -0.1) is 0 Å². The van der Waals surface area contributed by atoms with E-state index in [1.165, 1.54) is 29.8 Å². The topological polar surface area (TPSA) is 81.3 Å². The Balaban J connectivity index is 1.95. The molecule has 0 bridgehead atoms. The molecule has 1 N–H and O–H groups in total. The van der Waals surface area contributed by atoms with Gasteiger partial charge in [0, 0.05) is 12.7 Å². The molecule has 0 spiro atoms. The second-order valence-corrected chi connectivity index (χ2v) is 7.62. The summed E-state index contributed by atoms with van der Waals surface area (Å²) >= 11 is 0. The lowest BCUT2D eigenvalue weighted by atomic mass is 10.0. The third-order valence-electron chi connectivity index (χ3n) is 3.90. The lowest BCUT2D eigenvalue weighted by Gasteiger charge is -2.10. The number of benzene rings is 2. The molecule has 0 amide bonds. The Morgan fingerprint density at radius 2 is 1.75 bits per heavy atom. The first-order chi connectivity index (χ1) is 11.3. The van der Waals surface area contributed by atoms with Crippen molar-refractivity contribution in [3.05, 3.63) is 58.6 Å². The fourth-order valence-corrected chi connectivity index (χ4v) is 3.50. The van der Waals surface area contributed by atoms with Crippen LogP contribution >= 0.6 is 0 Å². The van der Waals surface area contributed by atoms with Gasteiger partial charge in [-0.3, -0.25) is 9.29 Å². The molecule has 1 heterocycles. The molecule has 0 aliphatic rings. The van der Waals surface area contributed by atoms with Crippen LogP contribution in [0.2, 0.25) is 0 Å². The first kappa shape index (κ1) is 16.3. The van der Waals surface area contributed by atoms with E-state index in [9.17, 15) is 13.2 Å². The second-order valence-electron chi connectivity index (χ2n) is 5.94. The SMILES string of the molecule is CC(C)c1ccc(NS(=O)(=O)c2ccc3oc(=O)n(C)c3c2)cc1. The third kappa shape index (κ3) is 2.94. The van der Waals surface area contributed by atoms with Crippen molar-refractivity contribution in [3.8, 4) is 0 Å². The zero-order valence-corrected chi connectivity index (χ0v) is 14.4. The summed E-state index contributed by atoms with van der Waals surface area (Å²) in [6, 6.07) is 11.6.